The molecule has 33 heavy (non-hydrogen) atoms. The summed E-state index contributed by atoms with van der Waals surface area (Å²) in [6.07, 6.45) is 3.03. The largest absolute Gasteiger partial charge is 0.352 e. The highest BCUT2D eigenvalue weighted by Gasteiger charge is 2.50. The van der Waals surface area contributed by atoms with Crippen molar-refractivity contribution in [3.05, 3.63) is 29.8 Å². The van der Waals surface area contributed by atoms with Gasteiger partial charge in [0.2, 0.25) is 0 Å². The predicted molar refractivity (Wildman–Crippen MR) is 141 cm³/mol. The summed E-state index contributed by atoms with van der Waals surface area (Å²) in [5.74, 6) is 0.846. The van der Waals surface area contributed by atoms with Gasteiger partial charge in [-0.15, -0.1) is 0 Å². The van der Waals surface area contributed by atoms with E-state index in [1.165, 1.54) is 0 Å². The minimum Gasteiger partial charge on any atom is -0.352 e. The van der Waals surface area contributed by atoms with E-state index < -0.39 is 0 Å². The summed E-state index contributed by atoms with van der Waals surface area (Å²) >= 11 is 0. The van der Waals surface area contributed by atoms with Gasteiger partial charge in [-0.25, -0.2) is 0 Å². The summed E-state index contributed by atoms with van der Waals surface area (Å²) in [5.41, 5.74) is 9.79. The molecule has 0 aromatic heterocycles. The Hall–Kier alpha value is -1.59. The number of rotatable bonds is 11. The Morgan fingerprint density at radius 3 is 1.88 bits per heavy atom. The Morgan fingerprint density at radius 1 is 0.909 bits per heavy atom. The van der Waals surface area contributed by atoms with Crippen LogP contribution in [0.25, 0.3) is 0 Å². The van der Waals surface area contributed by atoms with Crippen LogP contribution in [0.15, 0.2) is 24.3 Å². The molecule has 0 radical (unpaired) electrons. The van der Waals surface area contributed by atoms with Gasteiger partial charge in [-0.2, -0.15) is 0 Å². The van der Waals surface area contributed by atoms with E-state index in [9.17, 15) is 4.79 Å². The van der Waals surface area contributed by atoms with Gasteiger partial charge in [-0.1, -0.05) is 69.2 Å². The Labute approximate surface area is 203 Å². The van der Waals surface area contributed by atoms with E-state index in [4.69, 9.17) is 10.9 Å². The van der Waals surface area contributed by atoms with E-state index in [-0.39, 0.29) is 27.6 Å². The molecule has 5 nitrogen and oxygen atoms in total. The lowest BCUT2D eigenvalue weighted by Gasteiger charge is -2.56. The molecule has 5 N–H and O–H groups in total. The van der Waals surface area contributed by atoms with Crippen LogP contribution < -0.4 is 16.5 Å². The number of carbonyl (C=O) groups is 1. The average molecular weight is 462 g/mol. The van der Waals surface area contributed by atoms with Gasteiger partial charge >= 0.3 is 0 Å². The fourth-order valence-corrected chi connectivity index (χ4v) is 5.63. The molecular weight excluding hydrogens is 410 g/mol. The lowest BCUT2D eigenvalue weighted by molar-refractivity contribution is -0.0680. The summed E-state index contributed by atoms with van der Waals surface area (Å²) in [6, 6.07) is 6.81. The SMILES string of the molecule is CC(C)(C)CC(CCNC(=O)c1ccc(NO)cc1)C(C)(C)C(C)(C)C(CCN)C(C)(C)C. The lowest BCUT2D eigenvalue weighted by Crippen LogP contribution is -2.50. The zero-order valence-corrected chi connectivity index (χ0v) is 22.9. The fraction of sp³-hybridized carbons (Fsp3) is 0.750. The third-order valence-corrected chi connectivity index (χ3v) is 7.97. The first-order chi connectivity index (χ1) is 15.0. The van der Waals surface area contributed by atoms with Crippen molar-refractivity contribution in [2.75, 3.05) is 18.6 Å². The van der Waals surface area contributed by atoms with Crippen LogP contribution >= 0.6 is 0 Å². The zero-order valence-electron chi connectivity index (χ0n) is 22.9. The molecule has 0 aliphatic heterocycles. The molecular formula is C28H51N3O2. The van der Waals surface area contributed by atoms with E-state index in [0.29, 0.717) is 36.2 Å². The maximum Gasteiger partial charge on any atom is 0.251 e. The summed E-state index contributed by atoms with van der Waals surface area (Å²) in [4.78, 5) is 12.7. The van der Waals surface area contributed by atoms with Crippen LogP contribution in [0.1, 0.15) is 98.9 Å². The Kier molecular flexibility index (Phi) is 10.0. The van der Waals surface area contributed by atoms with Gasteiger partial charge in [0.15, 0.2) is 0 Å². The number of nitrogens with two attached hydrogens (primary N) is 1. The van der Waals surface area contributed by atoms with Crippen LogP contribution in [0.3, 0.4) is 0 Å². The zero-order chi connectivity index (χ0) is 25.7. The molecule has 0 heterocycles. The van der Waals surface area contributed by atoms with E-state index >= 15 is 0 Å². The molecule has 0 fully saturated rings. The van der Waals surface area contributed by atoms with E-state index in [1.54, 1.807) is 24.3 Å². The van der Waals surface area contributed by atoms with Crippen molar-refractivity contribution >= 4 is 11.6 Å². The number of hydrogen-bond donors (Lipinski definition) is 4. The highest BCUT2D eigenvalue weighted by Crippen LogP contribution is 2.57. The quantitative estimate of drug-likeness (QED) is 0.275. The second kappa shape index (κ2) is 11.2. The molecule has 1 aromatic carbocycles. The van der Waals surface area contributed by atoms with Crippen LogP contribution in [-0.4, -0.2) is 24.2 Å². The summed E-state index contributed by atoms with van der Waals surface area (Å²) in [6.45, 7) is 24.9. The molecule has 1 rings (SSSR count). The third kappa shape index (κ3) is 7.99. The predicted octanol–water partition coefficient (Wildman–Crippen LogP) is 6.72. The first-order valence-electron chi connectivity index (χ1n) is 12.5. The van der Waals surface area contributed by atoms with Crippen molar-refractivity contribution in [2.24, 2.45) is 39.2 Å². The van der Waals surface area contributed by atoms with Crippen molar-refractivity contribution in [2.45, 2.75) is 88.5 Å². The highest BCUT2D eigenvalue weighted by atomic mass is 16.5. The van der Waals surface area contributed by atoms with Crippen LogP contribution in [0.4, 0.5) is 5.69 Å². The molecule has 0 aliphatic rings. The van der Waals surface area contributed by atoms with Gasteiger partial charge < -0.3 is 11.1 Å². The molecule has 0 aliphatic carbocycles. The van der Waals surface area contributed by atoms with E-state index in [2.05, 4.69) is 80.0 Å². The van der Waals surface area contributed by atoms with Crippen LogP contribution in [-0.2, 0) is 0 Å². The first kappa shape index (κ1) is 29.4. The van der Waals surface area contributed by atoms with E-state index in [1.807, 2.05) is 0 Å². The number of hydrogen-bond acceptors (Lipinski definition) is 4. The van der Waals surface area contributed by atoms with Gasteiger partial charge in [0.1, 0.15) is 0 Å². The van der Waals surface area contributed by atoms with Gasteiger partial charge in [0, 0.05) is 12.1 Å². The Morgan fingerprint density at radius 2 is 1.45 bits per heavy atom. The van der Waals surface area contributed by atoms with Gasteiger partial charge in [0.25, 0.3) is 5.91 Å². The van der Waals surface area contributed by atoms with Crippen molar-refractivity contribution in [3.8, 4) is 0 Å². The molecule has 1 aromatic rings. The third-order valence-electron chi connectivity index (χ3n) is 7.97. The fourth-order valence-electron chi connectivity index (χ4n) is 5.63. The minimum absolute atomic E-state index is 0.0482. The molecule has 5 heteroatoms. The molecule has 190 valence electrons. The monoisotopic (exact) mass is 461 g/mol. The van der Waals surface area contributed by atoms with Gasteiger partial charge in [0.05, 0.1) is 5.69 Å². The van der Waals surface area contributed by atoms with Gasteiger partial charge in [-0.05, 0) is 83.6 Å². The second-order valence-electron chi connectivity index (χ2n) is 13.1. The maximum atomic E-state index is 12.7. The topological polar surface area (TPSA) is 87.4 Å². The Bertz CT molecular complexity index is 740. The second-order valence-corrected chi connectivity index (χ2v) is 13.1. The molecule has 0 bridgehead atoms. The van der Waals surface area contributed by atoms with E-state index in [0.717, 1.165) is 19.3 Å². The average Bonchev–Trinajstić information content (AvgIpc) is 2.69. The van der Waals surface area contributed by atoms with Gasteiger partial charge in [-0.3, -0.25) is 15.5 Å². The van der Waals surface area contributed by atoms with Crippen LogP contribution in [0.5, 0.6) is 0 Å². The number of carbonyl (C=O) groups excluding carboxylic acids is 1. The highest BCUT2D eigenvalue weighted by molar-refractivity contribution is 5.94. The lowest BCUT2D eigenvalue weighted by atomic mass is 9.49. The Balaban J connectivity index is 3.08. The minimum atomic E-state index is -0.0817. The molecule has 2 atom stereocenters. The number of anilines is 1. The van der Waals surface area contributed by atoms with Crippen LogP contribution in [0, 0.1) is 33.5 Å². The summed E-state index contributed by atoms with van der Waals surface area (Å²) < 4.78 is 0. The molecule has 0 saturated heterocycles. The number of nitrogens with one attached hydrogen (secondary N) is 2. The summed E-state index contributed by atoms with van der Waals surface area (Å²) in [7, 11) is 0. The maximum absolute atomic E-state index is 12.7. The summed E-state index contributed by atoms with van der Waals surface area (Å²) in [5, 5.41) is 12.1. The van der Waals surface area contributed by atoms with Crippen molar-refractivity contribution in [1.82, 2.24) is 5.32 Å². The van der Waals surface area contributed by atoms with Crippen molar-refractivity contribution < 1.29 is 10.0 Å². The van der Waals surface area contributed by atoms with Crippen molar-refractivity contribution in [1.29, 1.82) is 0 Å². The molecule has 0 saturated carbocycles. The molecule has 0 spiro atoms. The standard InChI is InChI=1S/C28H51N3O2/c1-25(2,3)19-21(16-18-30-24(32)20-11-13-22(31-33)14-12-20)27(7,8)28(9,10)23(15-17-29)26(4,5)6/h11-14,21,23,31,33H,15-19,29H2,1-10H3,(H,30,32). The van der Waals surface area contributed by atoms with Crippen molar-refractivity contribution in [3.63, 3.8) is 0 Å². The smallest absolute Gasteiger partial charge is 0.251 e. The molecule has 2 unspecified atom stereocenters. The first-order valence-corrected chi connectivity index (χ1v) is 12.5. The number of benzene rings is 1. The molecule has 1 amide bonds. The normalized spacial score (nSPS) is 15.2. The van der Waals surface area contributed by atoms with Crippen LogP contribution in [0.2, 0.25) is 0 Å². The number of amides is 1.